The molecular formula is C17H15NO2S. The number of thioether (sulfide) groups is 1. The van der Waals surface area contributed by atoms with Gasteiger partial charge in [0, 0.05) is 18.0 Å². The van der Waals surface area contributed by atoms with Crippen LogP contribution < -0.4 is 9.64 Å². The van der Waals surface area contributed by atoms with Gasteiger partial charge in [-0.05, 0) is 24.3 Å². The molecule has 0 aliphatic carbocycles. The smallest absolute Gasteiger partial charge is 0.195 e. The van der Waals surface area contributed by atoms with E-state index in [4.69, 9.17) is 4.74 Å². The Bertz CT molecular complexity index is 682. The Labute approximate surface area is 128 Å². The zero-order valence-corrected chi connectivity index (χ0v) is 12.5. The van der Waals surface area contributed by atoms with Crippen molar-refractivity contribution in [1.29, 1.82) is 0 Å². The number of ketones is 1. The first kappa shape index (κ1) is 13.8. The maximum atomic E-state index is 12.0. The number of nitrogens with zero attached hydrogens (tertiary/aromatic N) is 1. The third-order valence-corrected chi connectivity index (χ3v) is 4.35. The van der Waals surface area contributed by atoms with E-state index in [0.717, 1.165) is 10.7 Å². The molecule has 0 atom stereocenters. The van der Waals surface area contributed by atoms with Gasteiger partial charge in [-0.1, -0.05) is 42.1 Å². The second-order valence-electron chi connectivity index (χ2n) is 4.68. The molecule has 0 radical (unpaired) electrons. The highest BCUT2D eigenvalue weighted by molar-refractivity contribution is 8.03. The fourth-order valence-electron chi connectivity index (χ4n) is 2.10. The molecule has 0 saturated carbocycles. The summed E-state index contributed by atoms with van der Waals surface area (Å²) in [5, 5.41) is 0.929. The molecule has 0 aromatic heterocycles. The van der Waals surface area contributed by atoms with Crippen molar-refractivity contribution in [2.24, 2.45) is 0 Å². The fourth-order valence-corrected chi connectivity index (χ4v) is 3.20. The molecule has 0 unspecified atom stereocenters. The van der Waals surface area contributed by atoms with Crippen molar-refractivity contribution in [2.45, 2.75) is 4.90 Å². The van der Waals surface area contributed by atoms with E-state index in [-0.39, 0.29) is 12.4 Å². The number of benzene rings is 2. The number of fused-ring (bicyclic) bond motifs is 1. The minimum Gasteiger partial charge on any atom is -0.485 e. The topological polar surface area (TPSA) is 29.5 Å². The van der Waals surface area contributed by atoms with E-state index in [1.54, 1.807) is 17.8 Å². The van der Waals surface area contributed by atoms with Crippen molar-refractivity contribution < 1.29 is 9.53 Å². The molecule has 4 heteroatoms. The van der Waals surface area contributed by atoms with Crippen LogP contribution in [0.15, 0.2) is 70.6 Å². The number of ether oxygens (including phenoxy) is 1. The lowest BCUT2D eigenvalue weighted by Gasteiger charge is -2.13. The molecular weight excluding hydrogens is 282 g/mol. The normalized spacial score (nSPS) is 15.1. The summed E-state index contributed by atoms with van der Waals surface area (Å²) in [6.45, 7) is 0.0538. The predicted octanol–water partition coefficient (Wildman–Crippen LogP) is 3.72. The number of anilines is 1. The lowest BCUT2D eigenvalue weighted by molar-refractivity contribution is -0.116. The zero-order valence-electron chi connectivity index (χ0n) is 11.7. The third kappa shape index (κ3) is 3.11. The first-order valence-electron chi connectivity index (χ1n) is 6.67. The standard InChI is InChI=1S/C17H15NO2S/c1-18-15-9-5-6-10-16(15)21-17(18)11-13(19)12-20-14-7-3-2-4-8-14/h2-11H,12H2,1H3. The van der Waals surface area contributed by atoms with Crippen LogP contribution in [-0.4, -0.2) is 19.4 Å². The summed E-state index contributed by atoms with van der Waals surface area (Å²) in [6.07, 6.45) is 1.65. The van der Waals surface area contributed by atoms with Crippen LogP contribution in [0.5, 0.6) is 5.75 Å². The maximum Gasteiger partial charge on any atom is 0.195 e. The van der Waals surface area contributed by atoms with Gasteiger partial charge in [0.2, 0.25) is 0 Å². The maximum absolute atomic E-state index is 12.0. The van der Waals surface area contributed by atoms with Crippen molar-refractivity contribution >= 4 is 23.2 Å². The second kappa shape index (κ2) is 6.06. The van der Waals surface area contributed by atoms with Crippen LogP contribution in [0, 0.1) is 0 Å². The number of hydrogen-bond acceptors (Lipinski definition) is 4. The SMILES string of the molecule is CN1C(=CC(=O)COc2ccccc2)Sc2ccccc21. The van der Waals surface area contributed by atoms with Crippen LogP contribution >= 0.6 is 11.8 Å². The Morgan fingerprint density at radius 2 is 1.86 bits per heavy atom. The Morgan fingerprint density at radius 1 is 1.14 bits per heavy atom. The van der Waals surface area contributed by atoms with Gasteiger partial charge in [-0.3, -0.25) is 4.79 Å². The quantitative estimate of drug-likeness (QED) is 0.805. The molecule has 0 fully saturated rings. The van der Waals surface area contributed by atoms with Gasteiger partial charge in [0.05, 0.1) is 10.7 Å². The first-order chi connectivity index (χ1) is 10.2. The predicted molar refractivity (Wildman–Crippen MR) is 85.7 cm³/mol. The summed E-state index contributed by atoms with van der Waals surface area (Å²) >= 11 is 1.60. The van der Waals surface area contributed by atoms with Crippen LogP contribution in [0.25, 0.3) is 0 Å². The summed E-state index contributed by atoms with van der Waals surface area (Å²) < 4.78 is 5.47. The van der Waals surface area contributed by atoms with Crippen molar-refractivity contribution in [3.8, 4) is 5.75 Å². The van der Waals surface area contributed by atoms with Crippen molar-refractivity contribution in [1.82, 2.24) is 0 Å². The van der Waals surface area contributed by atoms with E-state index in [2.05, 4.69) is 6.07 Å². The molecule has 21 heavy (non-hydrogen) atoms. The molecule has 1 heterocycles. The van der Waals surface area contributed by atoms with Crippen molar-refractivity contribution in [3.05, 3.63) is 65.7 Å². The highest BCUT2D eigenvalue weighted by atomic mass is 32.2. The van der Waals surface area contributed by atoms with Gasteiger partial charge < -0.3 is 9.64 Å². The number of para-hydroxylation sites is 2. The van der Waals surface area contributed by atoms with Crippen LogP contribution in [0.4, 0.5) is 5.69 Å². The monoisotopic (exact) mass is 297 g/mol. The molecule has 0 saturated heterocycles. The molecule has 1 aliphatic rings. The highest BCUT2D eigenvalue weighted by Gasteiger charge is 2.21. The summed E-state index contributed by atoms with van der Waals surface area (Å²) in [6, 6.07) is 17.5. The Morgan fingerprint density at radius 3 is 2.62 bits per heavy atom. The molecule has 0 spiro atoms. The summed E-state index contributed by atoms with van der Waals surface area (Å²) in [5.41, 5.74) is 1.13. The lowest BCUT2D eigenvalue weighted by Crippen LogP contribution is -2.14. The molecule has 106 valence electrons. The lowest BCUT2D eigenvalue weighted by atomic mass is 10.3. The number of carbonyl (C=O) groups is 1. The van der Waals surface area contributed by atoms with Crippen LogP contribution in [-0.2, 0) is 4.79 Å². The molecule has 3 rings (SSSR count). The second-order valence-corrected chi connectivity index (χ2v) is 5.74. The van der Waals surface area contributed by atoms with Gasteiger partial charge in [0.1, 0.15) is 5.75 Å². The van der Waals surface area contributed by atoms with Gasteiger partial charge in [0.15, 0.2) is 12.4 Å². The molecule has 3 nitrogen and oxygen atoms in total. The van der Waals surface area contributed by atoms with Gasteiger partial charge in [-0.2, -0.15) is 0 Å². The average Bonchev–Trinajstić information content (AvgIpc) is 2.83. The van der Waals surface area contributed by atoms with E-state index in [0.29, 0.717) is 5.75 Å². The van der Waals surface area contributed by atoms with Crippen LogP contribution in [0.2, 0.25) is 0 Å². The van der Waals surface area contributed by atoms with Gasteiger partial charge >= 0.3 is 0 Å². The van der Waals surface area contributed by atoms with E-state index in [9.17, 15) is 4.79 Å². The Balaban J connectivity index is 1.65. The first-order valence-corrected chi connectivity index (χ1v) is 7.49. The van der Waals surface area contributed by atoms with Gasteiger partial charge in [-0.15, -0.1) is 0 Å². The molecule has 0 N–H and O–H groups in total. The summed E-state index contributed by atoms with van der Waals surface area (Å²) in [4.78, 5) is 15.2. The largest absolute Gasteiger partial charge is 0.485 e. The molecule has 0 bridgehead atoms. The fraction of sp³-hybridized carbons (Fsp3) is 0.118. The Kier molecular flexibility index (Phi) is 3.97. The minimum absolute atomic E-state index is 0.0407. The van der Waals surface area contributed by atoms with Gasteiger partial charge in [0.25, 0.3) is 0 Å². The number of hydrogen-bond donors (Lipinski definition) is 0. The van der Waals surface area contributed by atoms with Crippen molar-refractivity contribution in [2.75, 3.05) is 18.6 Å². The third-order valence-electron chi connectivity index (χ3n) is 3.18. The summed E-state index contributed by atoms with van der Waals surface area (Å²) in [7, 11) is 1.97. The molecule has 1 aliphatic heterocycles. The zero-order chi connectivity index (χ0) is 14.7. The van der Waals surface area contributed by atoms with E-state index in [1.807, 2.05) is 60.5 Å². The van der Waals surface area contributed by atoms with E-state index >= 15 is 0 Å². The average molecular weight is 297 g/mol. The Hall–Kier alpha value is -2.20. The highest BCUT2D eigenvalue weighted by Crippen LogP contribution is 2.44. The molecule has 0 amide bonds. The number of carbonyl (C=O) groups excluding carboxylic acids is 1. The molecule has 2 aromatic rings. The van der Waals surface area contributed by atoms with E-state index < -0.39 is 0 Å². The summed E-state index contributed by atoms with van der Waals surface area (Å²) in [5.74, 6) is 0.668. The van der Waals surface area contributed by atoms with Crippen molar-refractivity contribution in [3.63, 3.8) is 0 Å². The van der Waals surface area contributed by atoms with E-state index in [1.165, 1.54) is 4.90 Å². The molecule has 2 aromatic carbocycles. The van der Waals surface area contributed by atoms with Gasteiger partial charge in [-0.25, -0.2) is 0 Å². The van der Waals surface area contributed by atoms with Crippen LogP contribution in [0.1, 0.15) is 0 Å². The number of rotatable bonds is 4. The van der Waals surface area contributed by atoms with Crippen LogP contribution in [0.3, 0.4) is 0 Å². The minimum atomic E-state index is -0.0407.